The third-order valence-corrected chi connectivity index (χ3v) is 18.0. The summed E-state index contributed by atoms with van der Waals surface area (Å²) < 4.78 is 13.0. The van der Waals surface area contributed by atoms with Gasteiger partial charge in [-0.1, -0.05) is 144 Å². The zero-order valence-corrected chi connectivity index (χ0v) is 39.4. The molecule has 0 spiro atoms. The van der Waals surface area contributed by atoms with Gasteiger partial charge in [0.2, 0.25) is 23.6 Å². The summed E-state index contributed by atoms with van der Waals surface area (Å²) in [6.45, 7) is 12.6. The van der Waals surface area contributed by atoms with Crippen molar-refractivity contribution in [3.8, 4) is 5.75 Å². The minimum absolute atomic E-state index is 0.0175. The van der Waals surface area contributed by atoms with Crippen molar-refractivity contribution >= 4 is 48.1 Å². The van der Waals surface area contributed by atoms with Crippen LogP contribution in [0.2, 0.25) is 5.04 Å². The lowest BCUT2D eigenvalue weighted by Gasteiger charge is -2.44. The van der Waals surface area contributed by atoms with Crippen LogP contribution in [-0.4, -0.2) is 78.9 Å². The van der Waals surface area contributed by atoms with Gasteiger partial charge in [0.05, 0.1) is 0 Å². The highest BCUT2D eigenvalue weighted by atomic mass is 28.4. The summed E-state index contributed by atoms with van der Waals surface area (Å²) >= 11 is 0. The standard InChI is InChI=1S/C52H66N4O7Si/c1-7-52(6)50(61)54-44(35-38-30-32-40(33-31-38)62-36-39-21-12-8-13-22-39)49(60)56-34-20-28-45(56)48(59)53-43(47(58)55-52)27-18-11-19-29-46(57)37(2)63-64(51(3,4)5,41-23-14-9-15-24-41)42-25-16-10-17-26-42/h8-10,12-17,21-26,30-33,37,43-45H,7,11,18-20,27-29,34-36H2,1-6H3,(H,53,59)(H,54,61)(H,55,58)/t37-,43-,44-,45+,52-/m0/s1. The van der Waals surface area contributed by atoms with Crippen molar-refractivity contribution in [1.29, 1.82) is 0 Å². The molecule has 0 aromatic heterocycles. The van der Waals surface area contributed by atoms with Gasteiger partial charge in [-0.15, -0.1) is 0 Å². The van der Waals surface area contributed by atoms with Crippen LogP contribution >= 0.6 is 0 Å². The Hall–Kier alpha value is -5.59. The molecule has 2 aliphatic heterocycles. The van der Waals surface area contributed by atoms with Crippen LogP contribution in [0.1, 0.15) is 104 Å². The van der Waals surface area contributed by atoms with Gasteiger partial charge in [0.15, 0.2) is 5.78 Å². The zero-order valence-electron chi connectivity index (χ0n) is 38.4. The Labute approximate surface area is 380 Å². The molecule has 2 fully saturated rings. The number of Topliss-reactive ketones (excluding diaryl/α,β-unsaturated/α-hetero) is 1. The van der Waals surface area contributed by atoms with E-state index in [1.807, 2.05) is 97.9 Å². The third-order valence-electron chi connectivity index (χ3n) is 12.9. The number of unbranched alkanes of at least 4 members (excludes halogenated alkanes) is 2. The van der Waals surface area contributed by atoms with Crippen molar-refractivity contribution in [2.24, 2.45) is 0 Å². The van der Waals surface area contributed by atoms with Gasteiger partial charge in [0, 0.05) is 19.4 Å². The van der Waals surface area contributed by atoms with Gasteiger partial charge in [-0.05, 0) is 84.6 Å². The first-order chi connectivity index (χ1) is 30.6. The molecule has 0 saturated carbocycles. The maximum Gasteiger partial charge on any atom is 0.262 e. The summed E-state index contributed by atoms with van der Waals surface area (Å²) in [4.78, 5) is 71.7. The number of rotatable bonds is 17. The van der Waals surface area contributed by atoms with E-state index in [1.165, 1.54) is 0 Å². The third kappa shape index (κ3) is 11.4. The molecule has 2 aliphatic rings. The van der Waals surface area contributed by atoms with Crippen LogP contribution in [-0.2, 0) is 41.4 Å². The summed E-state index contributed by atoms with van der Waals surface area (Å²) in [7, 11) is -2.92. The quantitative estimate of drug-likeness (QED) is 0.0807. The molecule has 0 radical (unpaired) electrons. The lowest BCUT2D eigenvalue weighted by atomic mass is 9.94. The summed E-state index contributed by atoms with van der Waals surface area (Å²) in [5.41, 5.74) is 0.496. The fraction of sp³-hybridized carbons (Fsp3) is 0.442. The minimum atomic E-state index is -2.92. The van der Waals surface area contributed by atoms with Crippen LogP contribution in [0, 0.1) is 0 Å². The average molecular weight is 887 g/mol. The number of nitrogens with one attached hydrogen (secondary N) is 3. The Morgan fingerprint density at radius 2 is 1.39 bits per heavy atom. The van der Waals surface area contributed by atoms with Crippen molar-refractivity contribution in [1.82, 2.24) is 20.9 Å². The predicted molar refractivity (Wildman–Crippen MR) is 253 cm³/mol. The van der Waals surface area contributed by atoms with Crippen molar-refractivity contribution in [2.45, 2.75) is 141 Å². The van der Waals surface area contributed by atoms with E-state index in [2.05, 4.69) is 61.0 Å². The van der Waals surface area contributed by atoms with E-state index in [0.717, 1.165) is 21.5 Å². The Bertz CT molecular complexity index is 2160. The van der Waals surface area contributed by atoms with Gasteiger partial charge in [-0.25, -0.2) is 0 Å². The molecule has 4 amide bonds. The predicted octanol–water partition coefficient (Wildman–Crippen LogP) is 6.55. The molecule has 2 heterocycles. The van der Waals surface area contributed by atoms with Crippen LogP contribution in [0.25, 0.3) is 0 Å². The van der Waals surface area contributed by atoms with Crippen LogP contribution in [0.15, 0.2) is 115 Å². The molecule has 2 saturated heterocycles. The highest BCUT2D eigenvalue weighted by Crippen LogP contribution is 2.38. The van der Waals surface area contributed by atoms with Gasteiger partial charge in [-0.3, -0.25) is 24.0 Å². The second kappa shape index (κ2) is 21.4. The first-order valence-electron chi connectivity index (χ1n) is 23.0. The summed E-state index contributed by atoms with van der Waals surface area (Å²) in [5.74, 6) is -0.971. The van der Waals surface area contributed by atoms with Crippen molar-refractivity contribution in [3.63, 3.8) is 0 Å². The number of carbonyl (C=O) groups is 5. The second-order valence-electron chi connectivity index (χ2n) is 18.6. The van der Waals surface area contributed by atoms with E-state index in [9.17, 15) is 24.0 Å². The number of amides is 4. The van der Waals surface area contributed by atoms with Crippen molar-refractivity contribution in [3.05, 3.63) is 126 Å². The number of hydrogen-bond acceptors (Lipinski definition) is 7. The first-order valence-corrected chi connectivity index (χ1v) is 24.9. The minimum Gasteiger partial charge on any atom is -0.489 e. The molecule has 11 nitrogen and oxygen atoms in total. The summed E-state index contributed by atoms with van der Waals surface area (Å²) in [6, 6.07) is 35.1. The maximum absolute atomic E-state index is 14.3. The van der Waals surface area contributed by atoms with Gasteiger partial charge in [0.25, 0.3) is 8.32 Å². The molecule has 5 atom stereocenters. The summed E-state index contributed by atoms with van der Waals surface area (Å²) in [5, 5.41) is 10.8. The average Bonchev–Trinajstić information content (AvgIpc) is 3.80. The second-order valence-corrected chi connectivity index (χ2v) is 22.8. The first kappa shape index (κ1) is 47.9. The Kier molecular flexibility index (Phi) is 16.0. The maximum atomic E-state index is 14.3. The highest BCUT2D eigenvalue weighted by molar-refractivity contribution is 6.99. The number of nitrogens with zero attached hydrogens (tertiary/aromatic N) is 1. The van der Waals surface area contributed by atoms with E-state index in [4.69, 9.17) is 9.16 Å². The Morgan fingerprint density at radius 3 is 1.98 bits per heavy atom. The molecule has 4 aromatic carbocycles. The van der Waals surface area contributed by atoms with Crippen LogP contribution < -0.4 is 31.1 Å². The normalized spacial score (nSPS) is 21.4. The lowest BCUT2D eigenvalue weighted by molar-refractivity contribution is -0.144. The van der Waals surface area contributed by atoms with Crippen LogP contribution in [0.3, 0.4) is 0 Å². The van der Waals surface area contributed by atoms with Crippen molar-refractivity contribution < 1.29 is 33.1 Å². The molecule has 64 heavy (non-hydrogen) atoms. The van der Waals surface area contributed by atoms with Crippen LogP contribution in [0.4, 0.5) is 0 Å². The smallest absolute Gasteiger partial charge is 0.262 e. The molecular weight excluding hydrogens is 821 g/mol. The van der Waals surface area contributed by atoms with E-state index in [1.54, 1.807) is 18.7 Å². The molecule has 0 aliphatic carbocycles. The monoisotopic (exact) mass is 886 g/mol. The van der Waals surface area contributed by atoms with E-state index >= 15 is 0 Å². The fourth-order valence-electron chi connectivity index (χ4n) is 8.97. The number of carbonyl (C=O) groups excluding carboxylic acids is 5. The topological polar surface area (TPSA) is 143 Å². The van der Waals surface area contributed by atoms with E-state index in [0.29, 0.717) is 63.8 Å². The van der Waals surface area contributed by atoms with Gasteiger partial charge < -0.3 is 30.0 Å². The van der Waals surface area contributed by atoms with Crippen LogP contribution in [0.5, 0.6) is 5.75 Å². The largest absolute Gasteiger partial charge is 0.489 e. The Morgan fingerprint density at radius 1 is 0.781 bits per heavy atom. The molecular formula is C52H66N4O7Si. The number of hydrogen-bond donors (Lipinski definition) is 3. The van der Waals surface area contributed by atoms with Gasteiger partial charge >= 0.3 is 0 Å². The molecule has 4 aromatic rings. The number of benzene rings is 4. The number of ketones is 1. The molecule has 0 bridgehead atoms. The molecule has 12 heteroatoms. The number of ether oxygens (including phenoxy) is 1. The molecule has 340 valence electrons. The van der Waals surface area contributed by atoms with Crippen molar-refractivity contribution in [2.75, 3.05) is 6.54 Å². The highest BCUT2D eigenvalue weighted by Gasteiger charge is 2.51. The number of fused-ring (bicyclic) bond motifs is 1. The van der Waals surface area contributed by atoms with Gasteiger partial charge in [-0.2, -0.15) is 0 Å². The van der Waals surface area contributed by atoms with Gasteiger partial charge in [0.1, 0.15) is 42.1 Å². The molecule has 6 rings (SSSR count). The van der Waals surface area contributed by atoms with E-state index in [-0.39, 0.29) is 35.5 Å². The zero-order chi connectivity index (χ0) is 45.9. The summed E-state index contributed by atoms with van der Waals surface area (Å²) in [6.07, 6.45) is 3.26. The SMILES string of the molecule is CC[C@]1(C)NC(=O)[C@H](CCCCCC(=O)[C@H](C)O[Si](c2ccccc2)(c2ccccc2)C(C)(C)C)NC(=O)[C@H]2CCCN2C(=O)[C@H](Cc2ccc(OCc3ccccc3)cc2)NC1=O. The van der Waals surface area contributed by atoms with E-state index < -0.39 is 49.9 Å². The lowest BCUT2D eigenvalue weighted by Crippen LogP contribution is -2.68. The molecule has 3 N–H and O–H groups in total. The Balaban J connectivity index is 1.09. The molecule has 0 unspecified atom stereocenters. The fourth-order valence-corrected chi connectivity index (χ4v) is 13.6.